The number of primary amides is 1. The van der Waals surface area contributed by atoms with Crippen molar-refractivity contribution in [2.45, 2.75) is 19.4 Å². The average molecular weight is 269 g/mol. The van der Waals surface area contributed by atoms with Gasteiger partial charge in [0, 0.05) is 26.1 Å². The molecule has 2 rings (SSSR count). The number of amides is 2. The van der Waals surface area contributed by atoms with Crippen molar-refractivity contribution in [2.24, 2.45) is 5.73 Å². The molecule has 0 saturated carbocycles. The summed E-state index contributed by atoms with van der Waals surface area (Å²) < 4.78 is 3.96. The first-order chi connectivity index (χ1) is 8.49. The van der Waals surface area contributed by atoms with Crippen LogP contribution in [0.15, 0.2) is 0 Å². The fourth-order valence-corrected chi connectivity index (χ4v) is 2.94. The van der Waals surface area contributed by atoms with E-state index in [1.165, 1.54) is 6.92 Å². The monoisotopic (exact) mass is 269 g/mol. The Labute approximate surface area is 108 Å². The van der Waals surface area contributed by atoms with Crippen LogP contribution in [-0.2, 0) is 4.79 Å². The predicted molar refractivity (Wildman–Crippen MR) is 69.5 cm³/mol. The highest BCUT2D eigenvalue weighted by Crippen LogP contribution is 2.32. The van der Waals surface area contributed by atoms with Gasteiger partial charge in [0.2, 0.25) is 5.91 Å². The van der Waals surface area contributed by atoms with E-state index in [0.29, 0.717) is 11.5 Å². The summed E-state index contributed by atoms with van der Waals surface area (Å²) in [5, 5.41) is 3.54. The van der Waals surface area contributed by atoms with Crippen molar-refractivity contribution in [3.63, 3.8) is 0 Å². The second-order valence-corrected chi connectivity index (χ2v) is 5.00. The number of rotatable bonds is 3. The van der Waals surface area contributed by atoms with Crippen LogP contribution in [0.1, 0.15) is 23.7 Å². The van der Waals surface area contributed by atoms with Gasteiger partial charge in [-0.25, -0.2) is 0 Å². The van der Waals surface area contributed by atoms with Crippen LogP contribution in [0.4, 0.5) is 10.8 Å². The Balaban J connectivity index is 2.14. The van der Waals surface area contributed by atoms with E-state index in [1.54, 1.807) is 0 Å². The second kappa shape index (κ2) is 4.81. The van der Waals surface area contributed by atoms with Crippen LogP contribution in [0.3, 0.4) is 0 Å². The van der Waals surface area contributed by atoms with Crippen molar-refractivity contribution in [1.29, 1.82) is 0 Å². The van der Waals surface area contributed by atoms with E-state index < -0.39 is 5.91 Å². The highest BCUT2D eigenvalue weighted by Gasteiger charge is 2.28. The zero-order chi connectivity index (χ0) is 13.3. The Bertz CT molecular complexity index is 487. The Kier molecular flexibility index (Phi) is 3.37. The molecular formula is C10H15N5O2S. The number of hydrogen-bond donors (Lipinski definition) is 3. The Morgan fingerprint density at radius 1 is 1.56 bits per heavy atom. The van der Waals surface area contributed by atoms with E-state index in [1.807, 2.05) is 4.90 Å². The van der Waals surface area contributed by atoms with Gasteiger partial charge in [-0.15, -0.1) is 0 Å². The summed E-state index contributed by atoms with van der Waals surface area (Å²) in [6.45, 7) is 2.87. The Hall–Kier alpha value is -1.83. The summed E-state index contributed by atoms with van der Waals surface area (Å²) in [5.74, 6) is -0.453. The molecule has 0 bridgehead atoms. The third-order valence-electron chi connectivity index (χ3n) is 2.83. The average Bonchev–Trinajstić information content (AvgIpc) is 2.83. The lowest BCUT2D eigenvalue weighted by Gasteiger charge is -2.17. The van der Waals surface area contributed by atoms with Crippen LogP contribution >= 0.6 is 11.5 Å². The molecule has 0 radical (unpaired) electrons. The van der Waals surface area contributed by atoms with Crippen molar-refractivity contribution >= 4 is 34.2 Å². The number of nitrogens with zero attached hydrogens (tertiary/aromatic N) is 2. The molecule has 2 amide bonds. The number of anilines is 2. The third-order valence-corrected chi connectivity index (χ3v) is 3.75. The molecule has 1 fully saturated rings. The SMILES string of the molecule is CC(=O)NC1CCN(c2snc(N)c2C(N)=O)C1. The number of hydrogen-bond acceptors (Lipinski definition) is 6. The van der Waals surface area contributed by atoms with Crippen molar-refractivity contribution in [1.82, 2.24) is 9.69 Å². The number of nitrogens with two attached hydrogens (primary N) is 2. The smallest absolute Gasteiger partial charge is 0.255 e. The normalized spacial score (nSPS) is 18.9. The van der Waals surface area contributed by atoms with Crippen LogP contribution in [0.25, 0.3) is 0 Å². The molecule has 8 heteroatoms. The van der Waals surface area contributed by atoms with Crippen molar-refractivity contribution in [2.75, 3.05) is 23.7 Å². The minimum absolute atomic E-state index is 0.0548. The van der Waals surface area contributed by atoms with Crippen molar-refractivity contribution in [3.8, 4) is 0 Å². The lowest BCUT2D eigenvalue weighted by Crippen LogP contribution is -2.35. The summed E-state index contributed by atoms with van der Waals surface area (Å²) in [6, 6.07) is 0.0894. The van der Waals surface area contributed by atoms with Gasteiger partial charge in [-0.1, -0.05) is 0 Å². The van der Waals surface area contributed by atoms with Crippen LogP contribution in [0, 0.1) is 0 Å². The van der Waals surface area contributed by atoms with Crippen LogP contribution < -0.4 is 21.7 Å². The van der Waals surface area contributed by atoms with Crippen LogP contribution in [-0.4, -0.2) is 35.3 Å². The maximum atomic E-state index is 11.3. The van der Waals surface area contributed by atoms with Gasteiger partial charge in [-0.2, -0.15) is 4.37 Å². The molecular weight excluding hydrogens is 254 g/mol. The Morgan fingerprint density at radius 2 is 2.28 bits per heavy atom. The molecule has 7 nitrogen and oxygen atoms in total. The molecule has 1 aliphatic heterocycles. The number of nitrogens with one attached hydrogen (secondary N) is 1. The summed E-state index contributed by atoms with van der Waals surface area (Å²) in [4.78, 5) is 24.3. The highest BCUT2D eigenvalue weighted by molar-refractivity contribution is 7.11. The summed E-state index contributed by atoms with van der Waals surface area (Å²) in [5.41, 5.74) is 11.2. The van der Waals surface area contributed by atoms with Gasteiger partial charge in [0.15, 0.2) is 5.82 Å². The van der Waals surface area contributed by atoms with Gasteiger partial charge >= 0.3 is 0 Å². The zero-order valence-corrected chi connectivity index (χ0v) is 10.8. The first kappa shape index (κ1) is 12.6. The molecule has 1 unspecified atom stereocenters. The molecule has 1 aromatic rings. The fraction of sp³-hybridized carbons (Fsp3) is 0.500. The molecule has 1 aromatic heterocycles. The third kappa shape index (κ3) is 2.37. The lowest BCUT2D eigenvalue weighted by atomic mass is 10.2. The molecule has 1 saturated heterocycles. The van der Waals surface area contributed by atoms with Crippen molar-refractivity contribution < 1.29 is 9.59 Å². The van der Waals surface area contributed by atoms with E-state index in [2.05, 4.69) is 9.69 Å². The zero-order valence-electron chi connectivity index (χ0n) is 9.97. The molecule has 18 heavy (non-hydrogen) atoms. The van der Waals surface area contributed by atoms with E-state index in [0.717, 1.165) is 24.5 Å². The summed E-state index contributed by atoms with van der Waals surface area (Å²) >= 11 is 1.16. The molecule has 0 aliphatic carbocycles. The van der Waals surface area contributed by atoms with Gasteiger partial charge in [0.1, 0.15) is 10.6 Å². The van der Waals surface area contributed by atoms with E-state index in [4.69, 9.17) is 11.5 Å². The number of carbonyl (C=O) groups is 2. The molecule has 98 valence electrons. The molecule has 0 spiro atoms. The predicted octanol–water partition coefficient (Wildman–Crippen LogP) is -0.461. The maximum absolute atomic E-state index is 11.3. The molecule has 0 aromatic carbocycles. The Morgan fingerprint density at radius 3 is 2.89 bits per heavy atom. The molecule has 5 N–H and O–H groups in total. The van der Waals surface area contributed by atoms with Gasteiger partial charge in [0.25, 0.3) is 5.91 Å². The minimum atomic E-state index is -0.570. The van der Waals surface area contributed by atoms with E-state index in [9.17, 15) is 9.59 Å². The van der Waals surface area contributed by atoms with Crippen LogP contribution in [0.2, 0.25) is 0 Å². The number of carbonyl (C=O) groups excluding carboxylic acids is 2. The van der Waals surface area contributed by atoms with Gasteiger partial charge < -0.3 is 21.7 Å². The van der Waals surface area contributed by atoms with Crippen LogP contribution in [0.5, 0.6) is 0 Å². The summed E-state index contributed by atoms with van der Waals surface area (Å²) in [7, 11) is 0. The van der Waals surface area contributed by atoms with Gasteiger partial charge in [-0.3, -0.25) is 9.59 Å². The summed E-state index contributed by atoms with van der Waals surface area (Å²) in [6.07, 6.45) is 0.829. The largest absolute Gasteiger partial charge is 0.382 e. The minimum Gasteiger partial charge on any atom is -0.382 e. The number of aromatic nitrogens is 1. The number of nitrogen functional groups attached to an aromatic ring is 1. The molecule has 1 aliphatic rings. The highest BCUT2D eigenvalue weighted by atomic mass is 32.1. The van der Waals surface area contributed by atoms with E-state index >= 15 is 0 Å². The topological polar surface area (TPSA) is 114 Å². The van der Waals surface area contributed by atoms with Crippen molar-refractivity contribution in [3.05, 3.63) is 5.56 Å². The maximum Gasteiger partial charge on any atom is 0.255 e. The molecule has 2 heterocycles. The fourth-order valence-electron chi connectivity index (χ4n) is 2.09. The van der Waals surface area contributed by atoms with E-state index in [-0.39, 0.29) is 23.3 Å². The second-order valence-electron chi connectivity index (χ2n) is 4.24. The van der Waals surface area contributed by atoms with Gasteiger partial charge in [0.05, 0.1) is 0 Å². The molecule has 1 atom stereocenters. The quantitative estimate of drug-likeness (QED) is 0.687. The first-order valence-corrected chi connectivity index (χ1v) is 6.33. The van der Waals surface area contributed by atoms with Gasteiger partial charge in [-0.05, 0) is 18.0 Å². The first-order valence-electron chi connectivity index (χ1n) is 5.56. The standard InChI is InChI=1S/C10H15N5O2S/c1-5(16)13-6-2-3-15(4-6)10-7(9(12)17)8(11)14-18-10/h6H,2-4H2,1H3,(H2,11,14)(H2,12,17)(H,13,16). The lowest BCUT2D eigenvalue weighted by molar-refractivity contribution is -0.119.